The first-order chi connectivity index (χ1) is 9.05. The lowest BCUT2D eigenvalue weighted by Gasteiger charge is -2.32. The topological polar surface area (TPSA) is 55.8 Å². The summed E-state index contributed by atoms with van der Waals surface area (Å²) in [5.74, 6) is 0.677. The first-order valence-corrected chi connectivity index (χ1v) is 7.82. The summed E-state index contributed by atoms with van der Waals surface area (Å²) in [5, 5.41) is 0. The summed E-state index contributed by atoms with van der Waals surface area (Å²) in [6, 6.07) is 6.40. The van der Waals surface area contributed by atoms with E-state index >= 15 is 0 Å². The number of hydrogen-bond acceptors (Lipinski definition) is 4. The van der Waals surface area contributed by atoms with Crippen molar-refractivity contribution in [2.24, 2.45) is 0 Å². The van der Waals surface area contributed by atoms with Crippen LogP contribution in [0.15, 0.2) is 29.2 Å². The molecule has 6 heteroatoms. The van der Waals surface area contributed by atoms with Gasteiger partial charge < -0.3 is 9.47 Å². The normalized spacial score (nSPS) is 21.3. The van der Waals surface area contributed by atoms with E-state index in [1.54, 1.807) is 24.3 Å². The zero-order valence-corrected chi connectivity index (χ0v) is 12.0. The van der Waals surface area contributed by atoms with Gasteiger partial charge in [0.1, 0.15) is 5.75 Å². The van der Waals surface area contributed by atoms with Gasteiger partial charge in [-0.3, -0.25) is 0 Å². The van der Waals surface area contributed by atoms with Gasteiger partial charge in [-0.15, -0.1) is 0 Å². The van der Waals surface area contributed by atoms with Crippen LogP contribution in [0.25, 0.3) is 0 Å². The molecule has 1 aromatic rings. The highest BCUT2D eigenvalue weighted by Crippen LogP contribution is 2.22. The molecule has 19 heavy (non-hydrogen) atoms. The van der Waals surface area contributed by atoms with Crippen molar-refractivity contribution in [3.63, 3.8) is 0 Å². The van der Waals surface area contributed by atoms with E-state index in [0.29, 0.717) is 37.0 Å². The molecule has 0 aromatic heterocycles. The Kier molecular flexibility index (Phi) is 4.44. The molecule has 1 aromatic carbocycles. The average molecular weight is 285 g/mol. The maximum atomic E-state index is 12.5. The lowest BCUT2D eigenvalue weighted by Crippen LogP contribution is -2.46. The second-order valence-electron chi connectivity index (χ2n) is 4.44. The minimum Gasteiger partial charge on any atom is -0.494 e. The summed E-state index contributed by atoms with van der Waals surface area (Å²) in [6.45, 7) is 5.59. The fourth-order valence-electron chi connectivity index (χ4n) is 2.08. The van der Waals surface area contributed by atoms with Gasteiger partial charge in [0.05, 0.1) is 24.7 Å². The molecular weight excluding hydrogens is 266 g/mol. The van der Waals surface area contributed by atoms with Gasteiger partial charge in [-0.05, 0) is 38.1 Å². The standard InChI is InChI=1S/C13H19NO4S/c1-3-18-12-4-6-13(7-5-12)19(15,16)14-8-9-17-10-11(14)2/h4-7,11H,3,8-10H2,1-2H3. The van der Waals surface area contributed by atoms with Gasteiger partial charge in [0.2, 0.25) is 10.0 Å². The Labute approximate surface area is 114 Å². The molecule has 1 atom stereocenters. The summed E-state index contributed by atoms with van der Waals surface area (Å²) in [5.41, 5.74) is 0. The Morgan fingerprint density at radius 1 is 1.37 bits per heavy atom. The average Bonchev–Trinajstić information content (AvgIpc) is 2.40. The monoisotopic (exact) mass is 285 g/mol. The van der Waals surface area contributed by atoms with Gasteiger partial charge in [-0.2, -0.15) is 4.31 Å². The number of morpholine rings is 1. The first kappa shape index (κ1) is 14.3. The molecular formula is C13H19NO4S. The SMILES string of the molecule is CCOc1ccc(S(=O)(=O)N2CCOCC2C)cc1. The van der Waals surface area contributed by atoms with E-state index in [9.17, 15) is 8.42 Å². The molecule has 1 heterocycles. The molecule has 1 aliphatic rings. The van der Waals surface area contributed by atoms with Gasteiger partial charge >= 0.3 is 0 Å². The second-order valence-corrected chi connectivity index (χ2v) is 6.33. The molecule has 5 nitrogen and oxygen atoms in total. The lowest BCUT2D eigenvalue weighted by atomic mass is 10.3. The summed E-state index contributed by atoms with van der Waals surface area (Å²) in [6.07, 6.45) is 0. The minimum atomic E-state index is -3.45. The molecule has 2 rings (SSSR count). The van der Waals surface area contributed by atoms with Gasteiger partial charge in [0.15, 0.2) is 0 Å². The molecule has 1 fully saturated rings. The molecule has 1 unspecified atom stereocenters. The third kappa shape index (κ3) is 3.08. The van der Waals surface area contributed by atoms with E-state index in [0.717, 1.165) is 0 Å². The molecule has 0 aliphatic carbocycles. The largest absolute Gasteiger partial charge is 0.494 e. The number of benzene rings is 1. The number of ether oxygens (including phenoxy) is 2. The second kappa shape index (κ2) is 5.90. The fourth-order valence-corrected chi connectivity index (χ4v) is 3.68. The van der Waals surface area contributed by atoms with Gasteiger partial charge in [0, 0.05) is 12.6 Å². The van der Waals surface area contributed by atoms with Crippen LogP contribution < -0.4 is 4.74 Å². The van der Waals surface area contributed by atoms with Crippen molar-refractivity contribution in [1.29, 1.82) is 0 Å². The summed E-state index contributed by atoms with van der Waals surface area (Å²) < 4.78 is 37.1. The highest BCUT2D eigenvalue weighted by Gasteiger charge is 2.31. The van der Waals surface area contributed by atoms with E-state index in [-0.39, 0.29) is 6.04 Å². The van der Waals surface area contributed by atoms with E-state index in [1.807, 2.05) is 13.8 Å². The zero-order chi connectivity index (χ0) is 13.9. The Hall–Kier alpha value is -1.11. The molecule has 106 valence electrons. The smallest absolute Gasteiger partial charge is 0.243 e. The van der Waals surface area contributed by atoms with Crippen molar-refractivity contribution in [1.82, 2.24) is 4.31 Å². The van der Waals surface area contributed by atoms with Crippen molar-refractivity contribution in [3.8, 4) is 5.75 Å². The van der Waals surface area contributed by atoms with Crippen LogP contribution in [-0.2, 0) is 14.8 Å². The summed E-state index contributed by atoms with van der Waals surface area (Å²) in [4.78, 5) is 0.296. The molecule has 0 N–H and O–H groups in total. The minimum absolute atomic E-state index is 0.134. The van der Waals surface area contributed by atoms with Crippen molar-refractivity contribution < 1.29 is 17.9 Å². The van der Waals surface area contributed by atoms with E-state index in [2.05, 4.69) is 0 Å². The third-order valence-electron chi connectivity index (χ3n) is 3.05. The number of nitrogens with zero attached hydrogens (tertiary/aromatic N) is 1. The Balaban J connectivity index is 2.23. The van der Waals surface area contributed by atoms with Crippen LogP contribution in [0, 0.1) is 0 Å². The van der Waals surface area contributed by atoms with Crippen LogP contribution in [0.4, 0.5) is 0 Å². The molecule has 0 saturated carbocycles. The number of rotatable bonds is 4. The highest BCUT2D eigenvalue weighted by atomic mass is 32.2. The predicted molar refractivity (Wildman–Crippen MR) is 71.8 cm³/mol. The summed E-state index contributed by atoms with van der Waals surface area (Å²) in [7, 11) is -3.45. The lowest BCUT2D eigenvalue weighted by molar-refractivity contribution is 0.0393. The Bertz CT molecular complexity index is 512. The highest BCUT2D eigenvalue weighted by molar-refractivity contribution is 7.89. The Morgan fingerprint density at radius 3 is 2.63 bits per heavy atom. The van der Waals surface area contributed by atoms with Gasteiger partial charge in [-0.1, -0.05) is 0 Å². The summed E-state index contributed by atoms with van der Waals surface area (Å²) >= 11 is 0. The van der Waals surface area contributed by atoms with Crippen molar-refractivity contribution in [2.75, 3.05) is 26.4 Å². The van der Waals surface area contributed by atoms with Crippen LogP contribution in [0.1, 0.15) is 13.8 Å². The zero-order valence-electron chi connectivity index (χ0n) is 11.2. The molecule has 1 saturated heterocycles. The van der Waals surface area contributed by atoms with Crippen LogP contribution in [0.3, 0.4) is 0 Å². The molecule has 0 radical (unpaired) electrons. The van der Waals surface area contributed by atoms with Crippen molar-refractivity contribution >= 4 is 10.0 Å². The molecule has 0 amide bonds. The maximum absolute atomic E-state index is 12.5. The predicted octanol–water partition coefficient (Wildman–Crippen LogP) is 1.49. The quantitative estimate of drug-likeness (QED) is 0.841. The van der Waals surface area contributed by atoms with E-state index in [1.165, 1.54) is 4.31 Å². The van der Waals surface area contributed by atoms with E-state index in [4.69, 9.17) is 9.47 Å². The van der Waals surface area contributed by atoms with Crippen LogP contribution in [0.2, 0.25) is 0 Å². The van der Waals surface area contributed by atoms with Crippen LogP contribution in [-0.4, -0.2) is 45.1 Å². The van der Waals surface area contributed by atoms with Crippen LogP contribution in [0.5, 0.6) is 5.75 Å². The van der Waals surface area contributed by atoms with Gasteiger partial charge in [0.25, 0.3) is 0 Å². The molecule has 0 spiro atoms. The van der Waals surface area contributed by atoms with Gasteiger partial charge in [-0.25, -0.2) is 8.42 Å². The number of hydrogen-bond donors (Lipinski definition) is 0. The van der Waals surface area contributed by atoms with Crippen molar-refractivity contribution in [2.45, 2.75) is 24.8 Å². The third-order valence-corrected chi connectivity index (χ3v) is 5.08. The number of sulfonamides is 1. The van der Waals surface area contributed by atoms with Crippen molar-refractivity contribution in [3.05, 3.63) is 24.3 Å². The van der Waals surface area contributed by atoms with Crippen LogP contribution >= 0.6 is 0 Å². The fraction of sp³-hybridized carbons (Fsp3) is 0.538. The molecule has 0 bridgehead atoms. The maximum Gasteiger partial charge on any atom is 0.243 e. The Morgan fingerprint density at radius 2 is 2.05 bits per heavy atom. The molecule has 1 aliphatic heterocycles. The van der Waals surface area contributed by atoms with E-state index < -0.39 is 10.0 Å². The first-order valence-electron chi connectivity index (χ1n) is 6.38.